The summed E-state index contributed by atoms with van der Waals surface area (Å²) in [4.78, 5) is 0. The van der Waals surface area contributed by atoms with Crippen molar-refractivity contribution < 1.29 is 10.2 Å². The second-order valence-corrected chi connectivity index (χ2v) is 11.5. The fraction of sp³-hybridized carbons (Fsp3) is 0.184. The first kappa shape index (κ1) is 45.6. The predicted molar refractivity (Wildman–Crippen MR) is 229 cm³/mol. The van der Waals surface area contributed by atoms with E-state index in [2.05, 4.69) is 52.6 Å². The lowest BCUT2D eigenvalue weighted by molar-refractivity contribution is 0.260. The molecular weight excluding hydrogens is 621 g/mol. The Morgan fingerprint density at radius 3 is 1.78 bits per heavy atom. The van der Waals surface area contributed by atoms with Gasteiger partial charge < -0.3 is 10.2 Å². The van der Waals surface area contributed by atoms with E-state index in [9.17, 15) is 10.2 Å². The highest BCUT2D eigenvalue weighted by Crippen LogP contribution is 2.33. The summed E-state index contributed by atoms with van der Waals surface area (Å²) in [5.41, 5.74) is 8.94. The molecule has 0 amide bonds. The van der Waals surface area contributed by atoms with E-state index in [4.69, 9.17) is 0 Å². The fourth-order valence-electron chi connectivity index (χ4n) is 5.13. The van der Waals surface area contributed by atoms with Crippen molar-refractivity contribution in [3.8, 4) is 0 Å². The summed E-state index contributed by atoms with van der Waals surface area (Å²) < 4.78 is 0. The van der Waals surface area contributed by atoms with Crippen LogP contribution in [0.25, 0.3) is 0 Å². The first-order valence-electron chi connectivity index (χ1n) is 17.1. The summed E-state index contributed by atoms with van der Waals surface area (Å²) in [6.07, 6.45) is 36.0. The molecule has 0 aromatic heterocycles. The van der Waals surface area contributed by atoms with E-state index in [1.165, 1.54) is 0 Å². The van der Waals surface area contributed by atoms with Crippen LogP contribution in [0.2, 0.25) is 0 Å². The molecule has 0 heterocycles. The highest BCUT2D eigenvalue weighted by atomic mass is 16.3. The molecule has 0 radical (unpaired) electrons. The molecule has 0 aromatic rings. The summed E-state index contributed by atoms with van der Waals surface area (Å²) in [5, 5.41) is 22.8. The van der Waals surface area contributed by atoms with Gasteiger partial charge in [-0.1, -0.05) is 149 Å². The third kappa shape index (κ3) is 14.9. The molecule has 0 aliphatic rings. The number of aliphatic hydroxyl groups excluding tert-OH is 2. The first-order valence-corrected chi connectivity index (χ1v) is 17.1. The molecule has 51 heavy (non-hydrogen) atoms. The van der Waals surface area contributed by atoms with Crippen molar-refractivity contribution in [2.75, 3.05) is 0 Å². The molecule has 2 heteroatoms. The Kier molecular flexibility index (Phi) is 22.8. The van der Waals surface area contributed by atoms with Crippen molar-refractivity contribution >= 4 is 0 Å². The van der Waals surface area contributed by atoms with Crippen LogP contribution in [0.4, 0.5) is 0 Å². The molecule has 2 nitrogen and oxygen atoms in total. The Labute approximate surface area is 310 Å². The molecule has 2 N–H and O–H groups in total. The second-order valence-electron chi connectivity index (χ2n) is 11.5. The number of allylic oxidation sites excluding steroid dienone is 27. The highest BCUT2D eigenvalue weighted by molar-refractivity contribution is 5.65. The third-order valence-corrected chi connectivity index (χ3v) is 7.73. The zero-order chi connectivity index (χ0) is 38.9. The van der Waals surface area contributed by atoms with Gasteiger partial charge in [-0.15, -0.1) is 13.2 Å². The van der Waals surface area contributed by atoms with Gasteiger partial charge in [-0.25, -0.2) is 0 Å². The lowest BCUT2D eigenvalue weighted by Crippen LogP contribution is -2.12. The van der Waals surface area contributed by atoms with Crippen LogP contribution in [0.3, 0.4) is 0 Å². The van der Waals surface area contributed by atoms with Gasteiger partial charge in [0, 0.05) is 5.57 Å². The average molecular weight is 681 g/mol. The van der Waals surface area contributed by atoms with Crippen LogP contribution in [0.1, 0.15) is 54.4 Å². The minimum absolute atomic E-state index is 0.00726. The van der Waals surface area contributed by atoms with Crippen LogP contribution in [0, 0.1) is 0 Å². The van der Waals surface area contributed by atoms with E-state index in [0.717, 1.165) is 45.4 Å². The predicted octanol–water partition coefficient (Wildman–Crippen LogP) is 13.7. The molecule has 0 aliphatic carbocycles. The largest absolute Gasteiger partial charge is 0.507 e. The quantitative estimate of drug-likeness (QED) is 0.0679. The number of hydrogen-bond acceptors (Lipinski definition) is 2. The topological polar surface area (TPSA) is 40.5 Å². The van der Waals surface area contributed by atoms with E-state index in [-0.39, 0.29) is 5.76 Å². The summed E-state index contributed by atoms with van der Waals surface area (Å²) in [6, 6.07) is 0. The zero-order valence-electron chi connectivity index (χ0n) is 32.0. The van der Waals surface area contributed by atoms with E-state index in [1.54, 1.807) is 30.4 Å². The van der Waals surface area contributed by atoms with Crippen LogP contribution in [-0.4, -0.2) is 16.3 Å². The second kappa shape index (κ2) is 25.5. The summed E-state index contributed by atoms with van der Waals surface area (Å²) >= 11 is 0. The monoisotopic (exact) mass is 680 g/mol. The molecule has 0 aliphatic heterocycles. The van der Waals surface area contributed by atoms with Crippen molar-refractivity contribution in [3.05, 3.63) is 241 Å². The molecule has 0 saturated heterocycles. The van der Waals surface area contributed by atoms with Gasteiger partial charge in [-0.05, 0) is 122 Å². The van der Waals surface area contributed by atoms with E-state index in [1.807, 2.05) is 127 Å². The van der Waals surface area contributed by atoms with Crippen LogP contribution >= 0.6 is 0 Å². The van der Waals surface area contributed by atoms with Crippen LogP contribution in [0.5, 0.6) is 0 Å². The van der Waals surface area contributed by atoms with Gasteiger partial charge in [0.25, 0.3) is 0 Å². The highest BCUT2D eigenvalue weighted by Gasteiger charge is 2.19. The Morgan fingerprint density at radius 1 is 0.647 bits per heavy atom. The van der Waals surface area contributed by atoms with Crippen molar-refractivity contribution in [1.29, 1.82) is 0 Å². The Bertz CT molecular complexity index is 1710. The molecule has 1 unspecified atom stereocenters. The average Bonchev–Trinajstić information content (AvgIpc) is 3.10. The molecule has 0 bridgehead atoms. The Balaban J connectivity index is 8.13. The molecule has 1 atom stereocenters. The smallest absolute Gasteiger partial charge is 0.123 e. The normalized spacial score (nSPS) is 15.6. The lowest BCUT2D eigenvalue weighted by atomic mass is 9.85. The van der Waals surface area contributed by atoms with Crippen molar-refractivity contribution in [3.63, 3.8) is 0 Å². The maximum atomic E-state index is 11.8. The van der Waals surface area contributed by atoms with E-state index >= 15 is 0 Å². The molecular formula is C49H60O2. The van der Waals surface area contributed by atoms with Crippen LogP contribution < -0.4 is 0 Å². The summed E-state index contributed by atoms with van der Waals surface area (Å²) in [5.74, 6) is -0.00726. The third-order valence-electron chi connectivity index (χ3n) is 7.73. The van der Waals surface area contributed by atoms with Gasteiger partial charge in [-0.3, -0.25) is 0 Å². The molecule has 0 rings (SSSR count). The summed E-state index contributed by atoms with van der Waals surface area (Å²) in [6.45, 7) is 44.3. The van der Waals surface area contributed by atoms with Crippen molar-refractivity contribution in [1.82, 2.24) is 0 Å². The minimum Gasteiger partial charge on any atom is -0.507 e. The zero-order valence-corrected chi connectivity index (χ0v) is 32.0. The van der Waals surface area contributed by atoms with Gasteiger partial charge >= 0.3 is 0 Å². The maximum Gasteiger partial charge on any atom is 0.123 e. The van der Waals surface area contributed by atoms with Gasteiger partial charge in [0.05, 0.1) is 6.10 Å². The number of aliphatic hydroxyl groups is 2. The minimum atomic E-state index is -0.999. The summed E-state index contributed by atoms with van der Waals surface area (Å²) in [7, 11) is 0. The van der Waals surface area contributed by atoms with Crippen LogP contribution in [-0.2, 0) is 0 Å². The lowest BCUT2D eigenvalue weighted by Gasteiger charge is -2.21. The first-order chi connectivity index (χ1) is 24.3. The molecule has 0 aromatic carbocycles. The van der Waals surface area contributed by atoms with E-state index < -0.39 is 6.10 Å². The van der Waals surface area contributed by atoms with Crippen LogP contribution in [0.15, 0.2) is 241 Å². The molecule has 268 valence electrons. The molecule has 0 fully saturated rings. The fourth-order valence-corrected chi connectivity index (χ4v) is 5.13. The SMILES string of the molecule is C=CC\C=C/C=C(C(=C)/C=C\C)/C(C=C)=C(C)/C=C(C)/C(=C(C=C)/C(/C=C\C)=C(\C=C)C(=C)/C=C(/O)C(=C)/C(C)=C/CC=C)C(O)/C=C\C=C/C. The number of hydrogen-bond donors (Lipinski definition) is 2. The van der Waals surface area contributed by atoms with Gasteiger partial charge in [0.15, 0.2) is 0 Å². The van der Waals surface area contributed by atoms with Gasteiger partial charge in [0.1, 0.15) is 5.76 Å². The van der Waals surface area contributed by atoms with E-state index in [0.29, 0.717) is 34.3 Å². The van der Waals surface area contributed by atoms with Crippen molar-refractivity contribution in [2.45, 2.75) is 60.5 Å². The van der Waals surface area contributed by atoms with Crippen molar-refractivity contribution in [2.24, 2.45) is 0 Å². The Hall–Kier alpha value is -5.44. The number of rotatable bonds is 22. The molecule has 0 spiro atoms. The maximum absolute atomic E-state index is 11.8. The van der Waals surface area contributed by atoms with Gasteiger partial charge in [-0.2, -0.15) is 0 Å². The Morgan fingerprint density at radius 2 is 1.25 bits per heavy atom. The molecule has 0 saturated carbocycles. The standard InChI is InChI=1S/C49H60O2/c1-15-23-26-28-32-45(37(10)29-18-4)42(20-6)38(11)34-40(13)49(47(50)33-27-24-16-2)44(22-8)46(30-19-5)43(21-7)39(12)35-48(51)41(14)36(9)31-25-17-3/h15-22,24,26-35,47,50-51H,1,3,6-8,10,12,14,23,25H2,2,4-5,9,11,13H3/b24-16-,28-26-,29-18-,30-19-,33-27-,36-31+,40-34+,42-38+,45-32+,46-43+,48-35+,49-44-. The van der Waals surface area contributed by atoms with Gasteiger partial charge in [0.2, 0.25) is 0 Å².